The highest BCUT2D eigenvalue weighted by molar-refractivity contribution is 5.13. The van der Waals surface area contributed by atoms with E-state index in [1.54, 1.807) is 7.11 Å². The quantitative estimate of drug-likeness (QED) is 0.763. The molecule has 0 aromatic carbocycles. The van der Waals surface area contributed by atoms with Crippen molar-refractivity contribution in [2.45, 2.75) is 53.2 Å². The van der Waals surface area contributed by atoms with Crippen LogP contribution in [0.3, 0.4) is 0 Å². The van der Waals surface area contributed by atoms with Crippen molar-refractivity contribution in [3.63, 3.8) is 0 Å². The molecule has 0 radical (unpaired) electrons. The molecule has 1 heterocycles. The summed E-state index contributed by atoms with van der Waals surface area (Å²) in [5.41, 5.74) is 0.178. The fourth-order valence-electron chi connectivity index (χ4n) is 2.02. The Hall–Kier alpha value is -0.800. The summed E-state index contributed by atoms with van der Waals surface area (Å²) >= 11 is 0. The van der Waals surface area contributed by atoms with E-state index in [1.165, 1.54) is 0 Å². The largest absolute Gasteiger partial charge is 0.462 e. The van der Waals surface area contributed by atoms with Gasteiger partial charge in [-0.2, -0.15) is 0 Å². The summed E-state index contributed by atoms with van der Waals surface area (Å²) in [5.74, 6) is 1.91. The number of furan rings is 1. The number of rotatable bonds is 8. The normalized spacial score (nSPS) is 13.8. The summed E-state index contributed by atoms with van der Waals surface area (Å²) in [6, 6.07) is 4.33. The van der Waals surface area contributed by atoms with Gasteiger partial charge in [-0.05, 0) is 36.9 Å². The Kier molecular flexibility index (Phi) is 5.89. The molecule has 3 heteroatoms. The zero-order chi connectivity index (χ0) is 13.6. The van der Waals surface area contributed by atoms with Crippen LogP contribution in [0, 0.1) is 5.41 Å². The lowest BCUT2D eigenvalue weighted by molar-refractivity contribution is 0.153. The molecule has 1 unspecified atom stereocenters. The second kappa shape index (κ2) is 6.95. The van der Waals surface area contributed by atoms with E-state index in [4.69, 9.17) is 9.15 Å². The molecule has 0 aliphatic rings. The predicted molar refractivity (Wildman–Crippen MR) is 74.5 cm³/mol. The molecule has 18 heavy (non-hydrogen) atoms. The van der Waals surface area contributed by atoms with E-state index in [1.807, 2.05) is 6.07 Å². The van der Waals surface area contributed by atoms with E-state index in [-0.39, 0.29) is 11.5 Å². The van der Waals surface area contributed by atoms with Crippen LogP contribution in [0.25, 0.3) is 0 Å². The van der Waals surface area contributed by atoms with E-state index in [2.05, 4.69) is 39.1 Å². The molecule has 0 amide bonds. The van der Waals surface area contributed by atoms with Crippen molar-refractivity contribution in [2.75, 3.05) is 13.7 Å². The van der Waals surface area contributed by atoms with Gasteiger partial charge in [-0.1, -0.05) is 27.7 Å². The van der Waals surface area contributed by atoms with Gasteiger partial charge in [-0.15, -0.1) is 0 Å². The molecule has 1 aromatic heterocycles. The average Bonchev–Trinajstić information content (AvgIpc) is 2.78. The molecule has 3 nitrogen and oxygen atoms in total. The molecule has 1 rings (SSSR count). The van der Waals surface area contributed by atoms with Crippen molar-refractivity contribution in [1.82, 2.24) is 5.32 Å². The molecule has 0 aliphatic carbocycles. The Morgan fingerprint density at radius 2 is 2.06 bits per heavy atom. The minimum absolute atomic E-state index is 0.178. The molecule has 104 valence electrons. The Morgan fingerprint density at radius 3 is 2.61 bits per heavy atom. The second-order valence-electron chi connectivity index (χ2n) is 5.47. The van der Waals surface area contributed by atoms with E-state index < -0.39 is 0 Å². The zero-order valence-electron chi connectivity index (χ0n) is 12.4. The molecular weight excluding hydrogens is 226 g/mol. The first-order valence-electron chi connectivity index (χ1n) is 6.86. The van der Waals surface area contributed by atoms with Crippen LogP contribution in [-0.2, 0) is 11.3 Å². The summed E-state index contributed by atoms with van der Waals surface area (Å²) in [5, 5.41) is 3.60. The van der Waals surface area contributed by atoms with Crippen molar-refractivity contribution in [1.29, 1.82) is 0 Å². The molecule has 1 aromatic rings. The van der Waals surface area contributed by atoms with E-state index in [0.717, 1.165) is 30.9 Å². The highest BCUT2D eigenvalue weighted by atomic mass is 16.5. The number of methoxy groups -OCH3 is 1. The van der Waals surface area contributed by atoms with Gasteiger partial charge in [0.1, 0.15) is 18.1 Å². The third-order valence-corrected chi connectivity index (χ3v) is 3.54. The number of hydrogen-bond acceptors (Lipinski definition) is 3. The van der Waals surface area contributed by atoms with E-state index in [0.29, 0.717) is 6.61 Å². The summed E-state index contributed by atoms with van der Waals surface area (Å²) in [7, 11) is 1.69. The van der Waals surface area contributed by atoms with Crippen molar-refractivity contribution >= 4 is 0 Å². The first-order valence-corrected chi connectivity index (χ1v) is 6.86. The summed E-state index contributed by atoms with van der Waals surface area (Å²) < 4.78 is 11.0. The van der Waals surface area contributed by atoms with Gasteiger partial charge in [0.15, 0.2) is 0 Å². The molecule has 0 saturated heterocycles. The van der Waals surface area contributed by atoms with Gasteiger partial charge in [-0.25, -0.2) is 0 Å². The van der Waals surface area contributed by atoms with Gasteiger partial charge in [0.05, 0.1) is 6.04 Å². The highest BCUT2D eigenvalue weighted by Gasteiger charge is 2.31. The summed E-state index contributed by atoms with van der Waals surface area (Å²) in [4.78, 5) is 0. The summed E-state index contributed by atoms with van der Waals surface area (Å²) in [6.45, 7) is 10.5. The third-order valence-electron chi connectivity index (χ3n) is 3.54. The van der Waals surface area contributed by atoms with Crippen LogP contribution < -0.4 is 5.32 Å². The van der Waals surface area contributed by atoms with Gasteiger partial charge < -0.3 is 14.5 Å². The molecular formula is C15H27NO2. The van der Waals surface area contributed by atoms with Gasteiger partial charge in [0.25, 0.3) is 0 Å². The molecule has 0 bridgehead atoms. The second-order valence-corrected chi connectivity index (χ2v) is 5.47. The van der Waals surface area contributed by atoms with Crippen molar-refractivity contribution in [3.05, 3.63) is 23.7 Å². The smallest absolute Gasteiger partial charge is 0.129 e. The third kappa shape index (κ3) is 3.85. The van der Waals surface area contributed by atoms with E-state index >= 15 is 0 Å². The van der Waals surface area contributed by atoms with Crippen molar-refractivity contribution < 1.29 is 9.15 Å². The lowest BCUT2D eigenvalue weighted by atomic mass is 9.80. The Morgan fingerprint density at radius 1 is 1.33 bits per heavy atom. The number of nitrogens with one attached hydrogen (secondary N) is 1. The molecule has 0 saturated carbocycles. The van der Waals surface area contributed by atoms with Crippen LogP contribution in [0.15, 0.2) is 16.5 Å². The lowest BCUT2D eigenvalue weighted by Crippen LogP contribution is -2.34. The maximum absolute atomic E-state index is 5.88. The summed E-state index contributed by atoms with van der Waals surface area (Å²) in [6.07, 6.45) is 2.23. The standard InChI is InChI=1S/C15H27NO2/c1-6-10-16-14(15(3,4)7-2)13-9-8-12(18-13)11-17-5/h8-9,14,16H,6-7,10-11H2,1-5H3. The fourth-order valence-corrected chi connectivity index (χ4v) is 2.02. The monoisotopic (exact) mass is 253 g/mol. The molecule has 0 aliphatic heterocycles. The average molecular weight is 253 g/mol. The van der Waals surface area contributed by atoms with Crippen LogP contribution in [-0.4, -0.2) is 13.7 Å². The van der Waals surface area contributed by atoms with Gasteiger partial charge >= 0.3 is 0 Å². The number of ether oxygens (including phenoxy) is 1. The van der Waals surface area contributed by atoms with Crippen molar-refractivity contribution in [2.24, 2.45) is 5.41 Å². The molecule has 0 spiro atoms. The first kappa shape index (κ1) is 15.3. The maximum atomic E-state index is 5.88. The predicted octanol–water partition coefficient (Wildman–Crippen LogP) is 3.90. The maximum Gasteiger partial charge on any atom is 0.129 e. The van der Waals surface area contributed by atoms with Gasteiger partial charge in [0, 0.05) is 7.11 Å². The Balaban J connectivity index is 2.86. The topological polar surface area (TPSA) is 34.4 Å². The SMILES string of the molecule is CCCNC(c1ccc(COC)o1)C(C)(C)CC. The van der Waals surface area contributed by atoms with Crippen LogP contribution in [0.2, 0.25) is 0 Å². The number of hydrogen-bond donors (Lipinski definition) is 1. The molecule has 1 N–H and O–H groups in total. The van der Waals surface area contributed by atoms with Crippen LogP contribution in [0.4, 0.5) is 0 Å². The van der Waals surface area contributed by atoms with Gasteiger partial charge in [-0.3, -0.25) is 0 Å². The minimum atomic E-state index is 0.178. The highest BCUT2D eigenvalue weighted by Crippen LogP contribution is 2.37. The minimum Gasteiger partial charge on any atom is -0.462 e. The first-order chi connectivity index (χ1) is 8.55. The van der Waals surface area contributed by atoms with Gasteiger partial charge in [0.2, 0.25) is 0 Å². The van der Waals surface area contributed by atoms with Crippen LogP contribution >= 0.6 is 0 Å². The molecule has 0 fully saturated rings. The zero-order valence-corrected chi connectivity index (χ0v) is 12.4. The van der Waals surface area contributed by atoms with E-state index in [9.17, 15) is 0 Å². The van der Waals surface area contributed by atoms with Crippen LogP contribution in [0.5, 0.6) is 0 Å². The fraction of sp³-hybridized carbons (Fsp3) is 0.733. The Bertz CT molecular complexity index is 344. The molecule has 1 atom stereocenters. The Labute approximate surface area is 111 Å². The van der Waals surface area contributed by atoms with Crippen molar-refractivity contribution in [3.8, 4) is 0 Å². The lowest BCUT2D eigenvalue weighted by Gasteiger charge is -2.33. The van der Waals surface area contributed by atoms with Crippen LogP contribution in [0.1, 0.15) is 58.1 Å².